The van der Waals surface area contributed by atoms with Gasteiger partial charge in [0.1, 0.15) is 0 Å². The van der Waals surface area contributed by atoms with E-state index in [0.29, 0.717) is 18.7 Å². The van der Waals surface area contributed by atoms with Gasteiger partial charge >= 0.3 is 0 Å². The van der Waals surface area contributed by atoms with Gasteiger partial charge in [0.2, 0.25) is 10.0 Å². The number of carbonyl (C=O) groups is 1. The van der Waals surface area contributed by atoms with E-state index in [9.17, 15) is 13.2 Å². The molecular formula is C16H25N3O3S. The Labute approximate surface area is 138 Å². The predicted octanol–water partition coefficient (Wildman–Crippen LogP) is 1.14. The minimum atomic E-state index is -3.60. The van der Waals surface area contributed by atoms with Crippen molar-refractivity contribution in [3.8, 4) is 0 Å². The van der Waals surface area contributed by atoms with Crippen LogP contribution in [-0.4, -0.2) is 56.8 Å². The SMILES string of the molecule is CC(N)C1CCCN(S(=O)(=O)c2cccc(C(=O)N(C)C)c2)C1. The number of nitrogens with zero attached hydrogens (tertiary/aromatic N) is 2. The topological polar surface area (TPSA) is 83.7 Å². The van der Waals surface area contributed by atoms with E-state index < -0.39 is 10.0 Å². The Hall–Kier alpha value is -1.44. The maximum atomic E-state index is 12.9. The van der Waals surface area contributed by atoms with Crippen LogP contribution >= 0.6 is 0 Å². The smallest absolute Gasteiger partial charge is 0.253 e. The Morgan fingerprint density at radius 3 is 2.70 bits per heavy atom. The van der Waals surface area contributed by atoms with Crippen molar-refractivity contribution in [2.75, 3.05) is 27.2 Å². The Bertz CT molecular complexity index is 671. The molecule has 1 amide bonds. The summed E-state index contributed by atoms with van der Waals surface area (Å²) in [5.41, 5.74) is 6.31. The van der Waals surface area contributed by atoms with E-state index in [4.69, 9.17) is 5.73 Å². The Morgan fingerprint density at radius 1 is 1.39 bits per heavy atom. The fourth-order valence-electron chi connectivity index (χ4n) is 2.82. The summed E-state index contributed by atoms with van der Waals surface area (Å²) in [6, 6.07) is 6.19. The van der Waals surface area contributed by atoms with Gasteiger partial charge < -0.3 is 10.6 Å². The molecule has 1 fully saturated rings. The average Bonchev–Trinajstić information content (AvgIpc) is 2.54. The van der Waals surface area contributed by atoms with Gasteiger partial charge in [0.25, 0.3) is 5.91 Å². The summed E-state index contributed by atoms with van der Waals surface area (Å²) in [6.45, 7) is 2.85. The van der Waals surface area contributed by atoms with Crippen LogP contribution in [0.5, 0.6) is 0 Å². The van der Waals surface area contributed by atoms with Crippen molar-refractivity contribution in [3.63, 3.8) is 0 Å². The molecule has 2 rings (SSSR count). The zero-order valence-electron chi connectivity index (χ0n) is 13.9. The van der Waals surface area contributed by atoms with E-state index in [-0.39, 0.29) is 22.8 Å². The number of carbonyl (C=O) groups excluding carboxylic acids is 1. The summed E-state index contributed by atoms with van der Waals surface area (Å²) in [7, 11) is -0.323. The fraction of sp³-hybridized carbons (Fsp3) is 0.562. The highest BCUT2D eigenvalue weighted by Gasteiger charge is 2.31. The number of hydrogen-bond acceptors (Lipinski definition) is 4. The molecule has 7 heteroatoms. The zero-order valence-corrected chi connectivity index (χ0v) is 14.7. The van der Waals surface area contributed by atoms with Gasteiger partial charge in [0, 0.05) is 38.8 Å². The maximum absolute atomic E-state index is 12.9. The highest BCUT2D eigenvalue weighted by molar-refractivity contribution is 7.89. The first-order valence-corrected chi connectivity index (χ1v) is 9.25. The first kappa shape index (κ1) is 17.9. The van der Waals surface area contributed by atoms with Crippen LogP contribution in [0.15, 0.2) is 29.2 Å². The molecule has 23 heavy (non-hydrogen) atoms. The van der Waals surface area contributed by atoms with E-state index in [1.54, 1.807) is 26.2 Å². The minimum Gasteiger partial charge on any atom is -0.345 e. The van der Waals surface area contributed by atoms with Crippen LogP contribution in [0.1, 0.15) is 30.1 Å². The van der Waals surface area contributed by atoms with Crippen molar-refractivity contribution in [1.29, 1.82) is 0 Å². The third kappa shape index (κ3) is 3.91. The van der Waals surface area contributed by atoms with Crippen molar-refractivity contribution in [1.82, 2.24) is 9.21 Å². The number of hydrogen-bond donors (Lipinski definition) is 1. The standard InChI is InChI=1S/C16H25N3O3S/c1-12(17)14-7-5-9-19(11-14)23(21,22)15-8-4-6-13(10-15)16(20)18(2)3/h4,6,8,10,12,14H,5,7,9,11,17H2,1-3H3. The molecule has 1 saturated heterocycles. The summed E-state index contributed by atoms with van der Waals surface area (Å²) in [6.07, 6.45) is 1.75. The second kappa shape index (κ2) is 6.98. The van der Waals surface area contributed by atoms with Crippen LogP contribution < -0.4 is 5.73 Å². The summed E-state index contributed by atoms with van der Waals surface area (Å²) < 4.78 is 27.2. The lowest BCUT2D eigenvalue weighted by Gasteiger charge is -2.33. The van der Waals surface area contributed by atoms with Crippen molar-refractivity contribution < 1.29 is 13.2 Å². The van der Waals surface area contributed by atoms with Crippen LogP contribution in [0.4, 0.5) is 0 Å². The van der Waals surface area contributed by atoms with Gasteiger partial charge in [0.05, 0.1) is 4.90 Å². The van der Waals surface area contributed by atoms with Crippen LogP contribution in [0.2, 0.25) is 0 Å². The fourth-order valence-corrected chi connectivity index (χ4v) is 4.40. The highest BCUT2D eigenvalue weighted by Crippen LogP contribution is 2.25. The number of sulfonamides is 1. The summed E-state index contributed by atoms with van der Waals surface area (Å²) in [4.78, 5) is 13.6. The zero-order chi connectivity index (χ0) is 17.2. The Balaban J connectivity index is 2.29. The lowest BCUT2D eigenvalue weighted by Crippen LogP contribution is -2.45. The van der Waals surface area contributed by atoms with Gasteiger partial charge in [-0.25, -0.2) is 8.42 Å². The lowest BCUT2D eigenvalue weighted by molar-refractivity contribution is 0.0827. The molecule has 0 saturated carbocycles. The monoisotopic (exact) mass is 339 g/mol. The second-order valence-corrected chi connectivity index (χ2v) is 8.29. The molecule has 128 valence electrons. The maximum Gasteiger partial charge on any atom is 0.253 e. The molecule has 0 bridgehead atoms. The predicted molar refractivity (Wildman–Crippen MR) is 89.6 cm³/mol. The molecule has 1 aromatic rings. The lowest BCUT2D eigenvalue weighted by atomic mass is 9.93. The van der Waals surface area contributed by atoms with Crippen LogP contribution in [0, 0.1) is 5.92 Å². The number of piperidine rings is 1. The molecular weight excluding hydrogens is 314 g/mol. The summed E-state index contributed by atoms with van der Waals surface area (Å²) in [5.74, 6) is -0.0423. The largest absolute Gasteiger partial charge is 0.345 e. The third-order valence-electron chi connectivity index (χ3n) is 4.29. The molecule has 0 radical (unpaired) electrons. The van der Waals surface area contributed by atoms with Gasteiger partial charge in [-0.3, -0.25) is 4.79 Å². The second-order valence-electron chi connectivity index (χ2n) is 6.35. The van der Waals surface area contributed by atoms with E-state index >= 15 is 0 Å². The summed E-state index contributed by atoms with van der Waals surface area (Å²) in [5, 5.41) is 0. The van der Waals surface area contributed by atoms with Crippen molar-refractivity contribution >= 4 is 15.9 Å². The molecule has 2 N–H and O–H groups in total. The molecule has 0 aliphatic carbocycles. The third-order valence-corrected chi connectivity index (χ3v) is 6.15. The molecule has 1 aliphatic heterocycles. The van der Waals surface area contributed by atoms with Gasteiger partial charge in [-0.2, -0.15) is 4.31 Å². The van der Waals surface area contributed by atoms with E-state index in [1.165, 1.54) is 21.3 Å². The molecule has 2 atom stereocenters. The van der Waals surface area contributed by atoms with E-state index in [2.05, 4.69) is 0 Å². The quantitative estimate of drug-likeness (QED) is 0.891. The van der Waals surface area contributed by atoms with Crippen LogP contribution in [0.25, 0.3) is 0 Å². The molecule has 0 aromatic heterocycles. The number of benzene rings is 1. The molecule has 0 spiro atoms. The van der Waals surface area contributed by atoms with Crippen LogP contribution in [0.3, 0.4) is 0 Å². The summed E-state index contributed by atoms with van der Waals surface area (Å²) >= 11 is 0. The number of amides is 1. The highest BCUT2D eigenvalue weighted by atomic mass is 32.2. The van der Waals surface area contributed by atoms with Crippen molar-refractivity contribution in [2.45, 2.75) is 30.7 Å². The van der Waals surface area contributed by atoms with Crippen molar-refractivity contribution in [3.05, 3.63) is 29.8 Å². The van der Waals surface area contributed by atoms with E-state index in [0.717, 1.165) is 12.8 Å². The molecule has 6 nitrogen and oxygen atoms in total. The van der Waals surface area contributed by atoms with Crippen molar-refractivity contribution in [2.24, 2.45) is 11.7 Å². The van der Waals surface area contributed by atoms with Gasteiger partial charge in [0.15, 0.2) is 0 Å². The Kier molecular flexibility index (Phi) is 5.44. The number of rotatable bonds is 4. The van der Waals surface area contributed by atoms with Gasteiger partial charge in [-0.1, -0.05) is 6.07 Å². The first-order chi connectivity index (χ1) is 10.7. The molecule has 1 heterocycles. The van der Waals surface area contributed by atoms with Gasteiger partial charge in [-0.05, 0) is 43.9 Å². The minimum absolute atomic E-state index is 0.0327. The van der Waals surface area contributed by atoms with E-state index in [1.807, 2.05) is 6.92 Å². The van der Waals surface area contributed by atoms with Crippen LogP contribution in [-0.2, 0) is 10.0 Å². The first-order valence-electron chi connectivity index (χ1n) is 7.81. The average molecular weight is 339 g/mol. The molecule has 1 aromatic carbocycles. The molecule has 1 aliphatic rings. The molecule has 2 unspecified atom stereocenters. The normalized spacial score (nSPS) is 21.0. The van der Waals surface area contributed by atoms with Gasteiger partial charge in [-0.15, -0.1) is 0 Å². The Morgan fingerprint density at radius 2 is 2.09 bits per heavy atom. The number of nitrogens with two attached hydrogens (primary N) is 1.